The molecule has 3 aliphatic rings. The second kappa shape index (κ2) is 7.47. The van der Waals surface area contributed by atoms with E-state index in [1.807, 2.05) is 6.07 Å². The van der Waals surface area contributed by atoms with Crippen LogP contribution in [0.5, 0.6) is 11.5 Å². The summed E-state index contributed by atoms with van der Waals surface area (Å²) in [7, 11) is 0. The fourth-order valence-electron chi connectivity index (χ4n) is 5.04. The van der Waals surface area contributed by atoms with Gasteiger partial charge < -0.3 is 20.5 Å². The van der Waals surface area contributed by atoms with Gasteiger partial charge in [-0.3, -0.25) is 4.79 Å². The molecule has 4 rings (SSSR count). The highest BCUT2D eigenvalue weighted by Gasteiger charge is 2.38. The van der Waals surface area contributed by atoms with Crippen LogP contribution in [0.1, 0.15) is 50.5 Å². The number of carbonyl (C=O) groups is 1. The molecular formula is C21H30N2O3. The smallest absolute Gasteiger partial charge is 0.223 e. The van der Waals surface area contributed by atoms with Crippen LogP contribution in [0.2, 0.25) is 0 Å². The molecule has 2 fully saturated rings. The predicted octanol–water partition coefficient (Wildman–Crippen LogP) is 2.76. The van der Waals surface area contributed by atoms with E-state index in [9.17, 15) is 4.79 Å². The summed E-state index contributed by atoms with van der Waals surface area (Å²) in [6, 6.07) is 6.31. The van der Waals surface area contributed by atoms with E-state index < -0.39 is 0 Å². The third-order valence-corrected chi connectivity index (χ3v) is 6.61. The lowest BCUT2D eigenvalue weighted by molar-refractivity contribution is -0.126. The monoisotopic (exact) mass is 358 g/mol. The van der Waals surface area contributed by atoms with E-state index in [-0.39, 0.29) is 17.2 Å². The number of nitrogens with two attached hydrogens (primary N) is 1. The van der Waals surface area contributed by atoms with Gasteiger partial charge in [0.25, 0.3) is 0 Å². The summed E-state index contributed by atoms with van der Waals surface area (Å²) in [6.07, 6.45) is 7.81. The van der Waals surface area contributed by atoms with Gasteiger partial charge in [0.2, 0.25) is 5.91 Å². The van der Waals surface area contributed by atoms with Crippen molar-refractivity contribution in [3.63, 3.8) is 0 Å². The molecule has 1 aromatic rings. The molecular weight excluding hydrogens is 328 g/mol. The van der Waals surface area contributed by atoms with Crippen LogP contribution in [0.25, 0.3) is 0 Å². The first-order valence-electron chi connectivity index (χ1n) is 10.1. The average molecular weight is 358 g/mol. The summed E-state index contributed by atoms with van der Waals surface area (Å²) in [6.45, 7) is 2.53. The maximum Gasteiger partial charge on any atom is 0.223 e. The Morgan fingerprint density at radius 1 is 1.12 bits per heavy atom. The third-order valence-electron chi connectivity index (χ3n) is 6.61. The number of rotatable bonds is 5. The van der Waals surface area contributed by atoms with E-state index in [0.717, 1.165) is 43.6 Å². The van der Waals surface area contributed by atoms with Gasteiger partial charge in [-0.2, -0.15) is 0 Å². The van der Waals surface area contributed by atoms with Crippen molar-refractivity contribution < 1.29 is 14.3 Å². The minimum absolute atomic E-state index is 0.0162. The molecule has 0 bridgehead atoms. The lowest BCUT2D eigenvalue weighted by Gasteiger charge is -2.32. The standard InChI is InChI=1S/C21H30N2O3/c22-13-15-4-3-5-17(15)20(24)23-14-21(8-1-2-9-21)16-6-7-18-19(12-16)26-11-10-25-18/h6-7,12,15,17H,1-5,8-11,13-14,22H2,(H,23,24)/t15-,17-/m1/s1. The van der Waals surface area contributed by atoms with Crippen LogP contribution in [-0.4, -0.2) is 32.2 Å². The molecule has 2 atom stereocenters. The summed E-state index contributed by atoms with van der Waals surface area (Å²) < 4.78 is 11.4. The molecule has 1 aromatic carbocycles. The predicted molar refractivity (Wildman–Crippen MR) is 100 cm³/mol. The number of hydrogen-bond acceptors (Lipinski definition) is 4. The van der Waals surface area contributed by atoms with Crippen LogP contribution >= 0.6 is 0 Å². The van der Waals surface area contributed by atoms with E-state index in [1.54, 1.807) is 0 Å². The molecule has 0 saturated heterocycles. The summed E-state index contributed by atoms with van der Waals surface area (Å²) in [5.74, 6) is 2.31. The van der Waals surface area contributed by atoms with Crippen molar-refractivity contribution in [3.8, 4) is 11.5 Å². The Hall–Kier alpha value is -1.75. The largest absolute Gasteiger partial charge is 0.486 e. The fourth-order valence-corrected chi connectivity index (χ4v) is 5.04. The van der Waals surface area contributed by atoms with Crippen molar-refractivity contribution >= 4 is 5.91 Å². The average Bonchev–Trinajstić information content (AvgIpc) is 3.35. The van der Waals surface area contributed by atoms with Crippen LogP contribution in [0.4, 0.5) is 0 Å². The van der Waals surface area contributed by atoms with Gasteiger partial charge in [-0.1, -0.05) is 25.3 Å². The van der Waals surface area contributed by atoms with Gasteiger partial charge in [0.15, 0.2) is 11.5 Å². The number of fused-ring (bicyclic) bond motifs is 1. The summed E-state index contributed by atoms with van der Waals surface area (Å²) in [5, 5.41) is 3.28. The van der Waals surface area contributed by atoms with Gasteiger partial charge in [-0.05, 0) is 55.8 Å². The number of hydrogen-bond donors (Lipinski definition) is 2. The Morgan fingerprint density at radius 3 is 2.65 bits per heavy atom. The highest BCUT2D eigenvalue weighted by molar-refractivity contribution is 5.79. The zero-order valence-corrected chi connectivity index (χ0v) is 15.5. The van der Waals surface area contributed by atoms with Crippen LogP contribution in [0.3, 0.4) is 0 Å². The quantitative estimate of drug-likeness (QED) is 0.849. The van der Waals surface area contributed by atoms with Gasteiger partial charge in [0.1, 0.15) is 13.2 Å². The van der Waals surface area contributed by atoms with E-state index >= 15 is 0 Å². The van der Waals surface area contributed by atoms with Gasteiger partial charge >= 0.3 is 0 Å². The van der Waals surface area contributed by atoms with Crippen molar-refractivity contribution in [1.82, 2.24) is 5.32 Å². The van der Waals surface area contributed by atoms with Gasteiger partial charge in [0.05, 0.1) is 0 Å². The van der Waals surface area contributed by atoms with Crippen LogP contribution in [-0.2, 0) is 10.2 Å². The van der Waals surface area contributed by atoms with Crippen molar-refractivity contribution in [2.75, 3.05) is 26.3 Å². The minimum Gasteiger partial charge on any atom is -0.486 e. The first-order valence-corrected chi connectivity index (χ1v) is 10.1. The van der Waals surface area contributed by atoms with E-state index in [0.29, 0.717) is 32.2 Å². The molecule has 3 N–H and O–H groups in total. The van der Waals surface area contributed by atoms with Crippen LogP contribution in [0.15, 0.2) is 18.2 Å². The fraction of sp³-hybridized carbons (Fsp3) is 0.667. The first kappa shape index (κ1) is 17.7. The van der Waals surface area contributed by atoms with Crippen molar-refractivity contribution in [2.24, 2.45) is 17.6 Å². The van der Waals surface area contributed by atoms with E-state index in [4.69, 9.17) is 15.2 Å². The van der Waals surface area contributed by atoms with Crippen LogP contribution < -0.4 is 20.5 Å². The maximum atomic E-state index is 12.8. The lowest BCUT2D eigenvalue weighted by atomic mass is 9.78. The Balaban J connectivity index is 1.49. The highest BCUT2D eigenvalue weighted by Crippen LogP contribution is 2.44. The van der Waals surface area contributed by atoms with Gasteiger partial charge in [-0.25, -0.2) is 0 Å². The summed E-state index contributed by atoms with van der Waals surface area (Å²) >= 11 is 0. The van der Waals surface area contributed by atoms with Crippen molar-refractivity contribution in [3.05, 3.63) is 23.8 Å². The highest BCUT2D eigenvalue weighted by atomic mass is 16.6. The minimum atomic E-state index is 0.0162. The third kappa shape index (κ3) is 3.29. The molecule has 0 aromatic heterocycles. The SMILES string of the molecule is NC[C@H]1CCC[C@H]1C(=O)NCC1(c2ccc3c(c2)OCCO3)CCCC1. The Bertz CT molecular complexity index is 655. The summed E-state index contributed by atoms with van der Waals surface area (Å²) in [5.41, 5.74) is 7.14. The summed E-state index contributed by atoms with van der Waals surface area (Å²) in [4.78, 5) is 12.8. The van der Waals surface area contributed by atoms with E-state index in [2.05, 4.69) is 17.4 Å². The molecule has 1 amide bonds. The second-order valence-electron chi connectivity index (χ2n) is 8.10. The molecule has 1 aliphatic heterocycles. The Labute approximate surface area is 155 Å². The second-order valence-corrected chi connectivity index (χ2v) is 8.10. The van der Waals surface area contributed by atoms with Crippen molar-refractivity contribution in [1.29, 1.82) is 0 Å². The Kier molecular flexibility index (Phi) is 5.07. The molecule has 0 radical (unpaired) electrons. The molecule has 0 spiro atoms. The topological polar surface area (TPSA) is 73.6 Å². The number of nitrogens with one attached hydrogen (secondary N) is 1. The molecule has 142 valence electrons. The zero-order valence-electron chi connectivity index (χ0n) is 15.5. The molecule has 1 heterocycles. The number of benzene rings is 1. The van der Waals surface area contributed by atoms with Crippen molar-refractivity contribution in [2.45, 2.75) is 50.4 Å². The molecule has 5 heteroatoms. The van der Waals surface area contributed by atoms with Gasteiger partial charge in [0, 0.05) is 17.9 Å². The van der Waals surface area contributed by atoms with Gasteiger partial charge in [-0.15, -0.1) is 0 Å². The normalized spacial score (nSPS) is 26.7. The number of carbonyl (C=O) groups excluding carboxylic acids is 1. The maximum absolute atomic E-state index is 12.8. The zero-order chi connectivity index (χ0) is 18.0. The molecule has 5 nitrogen and oxygen atoms in total. The molecule has 2 saturated carbocycles. The molecule has 0 unspecified atom stereocenters. The molecule has 26 heavy (non-hydrogen) atoms. The number of ether oxygens (including phenoxy) is 2. The van der Waals surface area contributed by atoms with Crippen LogP contribution in [0, 0.1) is 11.8 Å². The Morgan fingerprint density at radius 2 is 1.88 bits per heavy atom. The number of amides is 1. The molecule has 2 aliphatic carbocycles. The lowest BCUT2D eigenvalue weighted by Crippen LogP contribution is -2.43. The van der Waals surface area contributed by atoms with E-state index in [1.165, 1.54) is 18.4 Å². The first-order chi connectivity index (χ1) is 12.7.